The Morgan fingerprint density at radius 2 is 0.808 bits per heavy atom. The van der Waals surface area contributed by atoms with Gasteiger partial charge in [0.25, 0.3) is 0 Å². The number of hydrogen-bond donors (Lipinski definition) is 0. The summed E-state index contributed by atoms with van der Waals surface area (Å²) in [5.74, 6) is 0. The van der Waals surface area contributed by atoms with Crippen molar-refractivity contribution in [3.05, 3.63) is 84.9 Å². The fourth-order valence-corrected chi connectivity index (χ4v) is 5.50. The molecule has 0 aliphatic carbocycles. The second kappa shape index (κ2) is 7.61. The molecule has 0 fully saturated rings. The van der Waals surface area contributed by atoms with Gasteiger partial charge in [0.1, 0.15) is 0 Å². The van der Waals surface area contributed by atoms with Gasteiger partial charge < -0.3 is 0 Å². The number of fused-ring (bicyclic) bond motifs is 1. The second-order valence-electron chi connectivity index (χ2n) is 6.09. The van der Waals surface area contributed by atoms with Gasteiger partial charge in [-0.05, 0) is 34.4 Å². The van der Waals surface area contributed by atoms with Gasteiger partial charge in [-0.3, -0.25) is 0 Å². The topological polar surface area (TPSA) is 0 Å². The van der Waals surface area contributed by atoms with E-state index in [4.69, 9.17) is 0 Å². The van der Waals surface area contributed by atoms with Crippen molar-refractivity contribution in [3.63, 3.8) is 0 Å². The first kappa shape index (κ1) is 17.3. The van der Waals surface area contributed by atoms with Crippen LogP contribution < -0.4 is 0 Å². The number of rotatable bonds is 4. The smallest absolute Gasteiger partial charge is 0.0296 e. The Morgan fingerprint density at radius 3 is 1.15 bits per heavy atom. The molecule has 26 heavy (non-hydrogen) atoms. The molecule has 0 nitrogen and oxygen atoms in total. The van der Waals surface area contributed by atoms with Gasteiger partial charge in [0.05, 0.1) is 0 Å². The van der Waals surface area contributed by atoms with E-state index in [0.717, 1.165) is 0 Å². The van der Waals surface area contributed by atoms with Crippen molar-refractivity contribution in [2.75, 3.05) is 12.5 Å². The number of thioether (sulfide) groups is 2. The summed E-state index contributed by atoms with van der Waals surface area (Å²) in [5.41, 5.74) is 5.25. The Kier molecular flexibility index (Phi) is 5.05. The maximum atomic E-state index is 2.26. The van der Waals surface area contributed by atoms with Crippen LogP contribution in [0.4, 0.5) is 0 Å². The van der Waals surface area contributed by atoms with Crippen molar-refractivity contribution >= 4 is 34.3 Å². The van der Waals surface area contributed by atoms with Gasteiger partial charge in [-0.25, -0.2) is 0 Å². The van der Waals surface area contributed by atoms with Crippen LogP contribution in [-0.4, -0.2) is 12.5 Å². The largest absolute Gasteiger partial charge is 0.128 e. The molecule has 0 saturated carbocycles. The van der Waals surface area contributed by atoms with Crippen LogP contribution in [0.25, 0.3) is 33.0 Å². The van der Waals surface area contributed by atoms with Crippen LogP contribution in [-0.2, 0) is 0 Å². The molecule has 0 spiro atoms. The third-order valence-corrected chi connectivity index (χ3v) is 6.42. The highest BCUT2D eigenvalue weighted by Crippen LogP contribution is 2.48. The fourth-order valence-electron chi connectivity index (χ4n) is 3.56. The van der Waals surface area contributed by atoms with Gasteiger partial charge in [-0.1, -0.05) is 84.9 Å². The highest BCUT2D eigenvalue weighted by atomic mass is 32.2. The van der Waals surface area contributed by atoms with E-state index in [1.807, 2.05) is 23.5 Å². The molecule has 4 aromatic carbocycles. The molecular formula is C24H20S2. The zero-order chi connectivity index (χ0) is 17.9. The number of benzene rings is 4. The summed E-state index contributed by atoms with van der Waals surface area (Å²) in [4.78, 5) is 2.72. The molecule has 4 rings (SSSR count). The summed E-state index contributed by atoms with van der Waals surface area (Å²) in [5, 5.41) is 2.64. The monoisotopic (exact) mass is 372 g/mol. The van der Waals surface area contributed by atoms with Gasteiger partial charge in [-0.15, -0.1) is 23.5 Å². The maximum Gasteiger partial charge on any atom is 0.0296 e. The highest BCUT2D eigenvalue weighted by Gasteiger charge is 2.20. The Bertz CT molecular complexity index is 952. The molecule has 0 saturated heterocycles. The lowest BCUT2D eigenvalue weighted by molar-refractivity contribution is 1.29. The molecule has 4 aromatic rings. The molecule has 0 aliphatic heterocycles. The summed E-state index contributed by atoms with van der Waals surface area (Å²) in [6, 6.07) is 30.3. The molecule has 0 aromatic heterocycles. The molecule has 0 unspecified atom stereocenters. The van der Waals surface area contributed by atoms with E-state index in [0.29, 0.717) is 0 Å². The van der Waals surface area contributed by atoms with Crippen LogP contribution in [0.15, 0.2) is 94.7 Å². The average Bonchev–Trinajstić information content (AvgIpc) is 2.73. The van der Waals surface area contributed by atoms with Crippen molar-refractivity contribution in [1.82, 2.24) is 0 Å². The number of hydrogen-bond acceptors (Lipinski definition) is 2. The minimum Gasteiger partial charge on any atom is -0.128 e. The van der Waals surface area contributed by atoms with E-state index in [-0.39, 0.29) is 0 Å². The van der Waals surface area contributed by atoms with Crippen LogP contribution >= 0.6 is 23.5 Å². The lowest BCUT2D eigenvalue weighted by Crippen LogP contribution is -1.94. The molecule has 0 bridgehead atoms. The third-order valence-electron chi connectivity index (χ3n) is 4.66. The first-order chi connectivity index (χ1) is 12.8. The van der Waals surface area contributed by atoms with Gasteiger partial charge >= 0.3 is 0 Å². The van der Waals surface area contributed by atoms with Crippen molar-refractivity contribution in [2.24, 2.45) is 0 Å². The Labute approximate surface area is 163 Å². The standard InChI is InChI=1S/C24H20S2/c1-25-23-21(17-11-5-3-6-12-17)19-15-9-10-16-20(19)22(24(23)26-2)18-13-7-4-8-14-18/h3-16H,1-2H3. The zero-order valence-corrected chi connectivity index (χ0v) is 16.5. The molecule has 0 aliphatic rings. The lowest BCUT2D eigenvalue weighted by Gasteiger charge is -2.21. The normalized spacial score (nSPS) is 11.0. The highest BCUT2D eigenvalue weighted by molar-refractivity contribution is 8.01. The molecule has 0 heterocycles. The summed E-state index contributed by atoms with van der Waals surface area (Å²) in [6.45, 7) is 0. The van der Waals surface area contributed by atoms with Crippen LogP contribution in [0.5, 0.6) is 0 Å². The van der Waals surface area contributed by atoms with E-state index in [1.54, 1.807) is 0 Å². The average molecular weight is 373 g/mol. The minimum atomic E-state index is 1.28. The molecule has 0 amide bonds. The van der Waals surface area contributed by atoms with Gasteiger partial charge in [-0.2, -0.15) is 0 Å². The van der Waals surface area contributed by atoms with E-state index in [1.165, 1.54) is 42.8 Å². The molecule has 0 N–H and O–H groups in total. The Morgan fingerprint density at radius 1 is 0.462 bits per heavy atom. The summed E-state index contributed by atoms with van der Waals surface area (Å²) in [7, 11) is 0. The summed E-state index contributed by atoms with van der Waals surface area (Å²) < 4.78 is 0. The molecule has 128 valence electrons. The SMILES string of the molecule is CSc1c(SC)c(-c2ccccc2)c2ccccc2c1-c1ccccc1. The first-order valence-corrected chi connectivity index (χ1v) is 11.1. The predicted octanol–water partition coefficient (Wildman–Crippen LogP) is 7.62. The van der Waals surface area contributed by atoms with Crippen molar-refractivity contribution in [3.8, 4) is 22.3 Å². The zero-order valence-electron chi connectivity index (χ0n) is 14.9. The van der Waals surface area contributed by atoms with Gasteiger partial charge in [0.15, 0.2) is 0 Å². The van der Waals surface area contributed by atoms with Crippen molar-refractivity contribution in [2.45, 2.75) is 9.79 Å². The van der Waals surface area contributed by atoms with E-state index < -0.39 is 0 Å². The third kappa shape index (κ3) is 2.94. The van der Waals surface area contributed by atoms with Gasteiger partial charge in [0.2, 0.25) is 0 Å². The predicted molar refractivity (Wildman–Crippen MR) is 118 cm³/mol. The molecule has 2 heteroatoms. The quantitative estimate of drug-likeness (QED) is 0.338. The van der Waals surface area contributed by atoms with E-state index in [2.05, 4.69) is 97.4 Å². The Hall–Kier alpha value is -2.16. The summed E-state index contributed by atoms with van der Waals surface area (Å²) in [6.07, 6.45) is 4.37. The van der Waals surface area contributed by atoms with Crippen LogP contribution in [0.3, 0.4) is 0 Å². The minimum absolute atomic E-state index is 1.28. The fraction of sp³-hybridized carbons (Fsp3) is 0.0833. The van der Waals surface area contributed by atoms with E-state index >= 15 is 0 Å². The van der Waals surface area contributed by atoms with E-state index in [9.17, 15) is 0 Å². The Balaban J connectivity index is 2.18. The molecular weight excluding hydrogens is 352 g/mol. The van der Waals surface area contributed by atoms with Crippen LogP contribution in [0.2, 0.25) is 0 Å². The lowest BCUT2D eigenvalue weighted by atomic mass is 9.92. The first-order valence-electron chi connectivity index (χ1n) is 8.62. The molecule has 0 atom stereocenters. The van der Waals surface area contributed by atoms with Crippen molar-refractivity contribution < 1.29 is 0 Å². The second-order valence-corrected chi connectivity index (χ2v) is 7.73. The summed E-state index contributed by atoms with van der Waals surface area (Å²) >= 11 is 3.69. The van der Waals surface area contributed by atoms with Crippen molar-refractivity contribution in [1.29, 1.82) is 0 Å². The maximum absolute atomic E-state index is 2.26. The van der Waals surface area contributed by atoms with Crippen LogP contribution in [0.1, 0.15) is 0 Å². The van der Waals surface area contributed by atoms with Crippen LogP contribution in [0, 0.1) is 0 Å². The molecule has 0 radical (unpaired) electrons. The van der Waals surface area contributed by atoms with Gasteiger partial charge in [0, 0.05) is 20.9 Å².